The molecule has 2 fully saturated rings. The van der Waals surface area contributed by atoms with Crippen LogP contribution in [-0.2, 0) is 19.4 Å². The highest BCUT2D eigenvalue weighted by Gasteiger charge is 2.37. The fourth-order valence-electron chi connectivity index (χ4n) is 2.92. The van der Waals surface area contributed by atoms with E-state index >= 15 is 0 Å². The fraction of sp³-hybridized carbons (Fsp3) is 0.353. The maximum absolute atomic E-state index is 12.6. The van der Waals surface area contributed by atoms with Crippen molar-refractivity contribution in [2.45, 2.75) is 12.5 Å². The molecule has 0 aliphatic carbocycles. The first-order chi connectivity index (χ1) is 12.7. The summed E-state index contributed by atoms with van der Waals surface area (Å²) in [5.74, 6) is -0.635. The van der Waals surface area contributed by atoms with E-state index in [1.807, 2.05) is 6.07 Å². The highest BCUT2D eigenvalue weighted by atomic mass is 35.5. The molecular weight excluding hydrogens is 428 g/mol. The molecular formula is C17H17ClN2O4S3. The van der Waals surface area contributed by atoms with Gasteiger partial charge in [-0.1, -0.05) is 47.7 Å². The molecule has 0 N–H and O–H groups in total. The van der Waals surface area contributed by atoms with Crippen LogP contribution in [-0.4, -0.2) is 65.5 Å². The average Bonchev–Trinajstić information content (AvgIpc) is 3.08. The molecule has 6 nitrogen and oxygen atoms in total. The summed E-state index contributed by atoms with van der Waals surface area (Å²) in [6.07, 6.45) is 2.10. The van der Waals surface area contributed by atoms with Gasteiger partial charge in [-0.2, -0.15) is 0 Å². The highest BCUT2D eigenvalue weighted by molar-refractivity contribution is 8.26. The van der Waals surface area contributed by atoms with Crippen molar-refractivity contribution in [2.75, 3.05) is 25.1 Å². The van der Waals surface area contributed by atoms with Crippen molar-refractivity contribution < 1.29 is 18.0 Å². The van der Waals surface area contributed by atoms with Gasteiger partial charge in [-0.15, -0.1) is 0 Å². The van der Waals surface area contributed by atoms with Crippen LogP contribution in [0, 0.1) is 0 Å². The molecule has 3 rings (SSSR count). The average molecular weight is 445 g/mol. The number of carbonyl (C=O) groups excluding carboxylic acids is 2. The smallest absolute Gasteiger partial charge is 0.266 e. The molecule has 1 aromatic rings. The monoisotopic (exact) mass is 444 g/mol. The minimum absolute atomic E-state index is 0.0394. The van der Waals surface area contributed by atoms with Gasteiger partial charge in [-0.05, 0) is 30.2 Å². The Hall–Kier alpha value is -1.42. The summed E-state index contributed by atoms with van der Waals surface area (Å²) in [6, 6.07) is 6.71. The van der Waals surface area contributed by atoms with Gasteiger partial charge in [0.2, 0.25) is 5.91 Å². The number of halogens is 1. The second-order valence-corrected chi connectivity index (χ2v) is 10.7. The number of hydrogen-bond acceptors (Lipinski definition) is 6. The standard InChI is InChI=1S/C17H17ClN2O4S3/c1-19(13-5-6-27(23,24)10-13)15(21)9-20-16(22)14(26-17(20)25)8-11-3-2-4-12(18)7-11/h2-4,7-8,13H,5-6,9-10H2,1H3. The minimum atomic E-state index is -3.09. The van der Waals surface area contributed by atoms with Crippen molar-refractivity contribution in [3.8, 4) is 0 Å². The highest BCUT2D eigenvalue weighted by Crippen LogP contribution is 2.33. The van der Waals surface area contributed by atoms with E-state index in [1.54, 1.807) is 31.3 Å². The Balaban J connectivity index is 1.69. The number of carbonyl (C=O) groups is 2. The van der Waals surface area contributed by atoms with Gasteiger partial charge in [-0.3, -0.25) is 14.5 Å². The molecule has 0 aromatic heterocycles. The zero-order valence-electron chi connectivity index (χ0n) is 14.4. The number of likely N-dealkylation sites (N-methyl/N-ethyl adjacent to an activating group) is 1. The third-order valence-electron chi connectivity index (χ3n) is 4.46. The third kappa shape index (κ3) is 4.71. The molecule has 2 aliphatic rings. The summed E-state index contributed by atoms with van der Waals surface area (Å²) in [7, 11) is -1.53. The van der Waals surface area contributed by atoms with E-state index in [0.717, 1.165) is 17.3 Å². The van der Waals surface area contributed by atoms with E-state index in [4.69, 9.17) is 23.8 Å². The summed E-state index contributed by atoms with van der Waals surface area (Å²) in [4.78, 5) is 28.2. The summed E-state index contributed by atoms with van der Waals surface area (Å²) in [5, 5.41) is 0.558. The fourth-order valence-corrected chi connectivity index (χ4v) is 6.14. The van der Waals surface area contributed by atoms with Gasteiger partial charge >= 0.3 is 0 Å². The molecule has 1 atom stereocenters. The van der Waals surface area contributed by atoms with E-state index in [-0.39, 0.29) is 35.9 Å². The third-order valence-corrected chi connectivity index (χ3v) is 7.83. The largest absolute Gasteiger partial charge is 0.340 e. The Morgan fingerprint density at radius 2 is 2.22 bits per heavy atom. The summed E-state index contributed by atoms with van der Waals surface area (Å²) >= 11 is 12.3. The maximum Gasteiger partial charge on any atom is 0.266 e. The number of sulfone groups is 1. The van der Waals surface area contributed by atoms with Crippen molar-refractivity contribution in [3.63, 3.8) is 0 Å². The zero-order valence-corrected chi connectivity index (χ0v) is 17.6. The molecule has 2 saturated heterocycles. The van der Waals surface area contributed by atoms with Crippen LogP contribution in [0.4, 0.5) is 0 Å². The molecule has 2 amide bonds. The quantitative estimate of drug-likeness (QED) is 0.523. The van der Waals surface area contributed by atoms with Crippen LogP contribution in [0.5, 0.6) is 0 Å². The first-order valence-corrected chi connectivity index (χ1v) is 11.6. The van der Waals surface area contributed by atoms with Crippen LogP contribution in [0.15, 0.2) is 29.2 Å². The molecule has 1 unspecified atom stereocenters. The molecule has 0 saturated carbocycles. The van der Waals surface area contributed by atoms with E-state index in [2.05, 4.69) is 0 Å². The second kappa shape index (κ2) is 7.90. The Labute approximate surface area is 172 Å². The Bertz CT molecular complexity index is 945. The van der Waals surface area contributed by atoms with Crippen molar-refractivity contribution in [1.29, 1.82) is 0 Å². The molecule has 1 aromatic carbocycles. The van der Waals surface area contributed by atoms with Gasteiger partial charge in [0, 0.05) is 18.1 Å². The molecule has 0 bridgehead atoms. The Morgan fingerprint density at radius 1 is 1.48 bits per heavy atom. The van der Waals surface area contributed by atoms with E-state index in [0.29, 0.717) is 20.7 Å². The number of nitrogens with zero attached hydrogens (tertiary/aromatic N) is 2. The Morgan fingerprint density at radius 3 is 2.85 bits per heavy atom. The van der Waals surface area contributed by atoms with Crippen LogP contribution in [0.3, 0.4) is 0 Å². The van der Waals surface area contributed by atoms with Crippen LogP contribution >= 0.6 is 35.6 Å². The van der Waals surface area contributed by atoms with Gasteiger partial charge in [-0.25, -0.2) is 8.42 Å². The molecule has 0 spiro atoms. The lowest BCUT2D eigenvalue weighted by molar-refractivity contribution is -0.135. The van der Waals surface area contributed by atoms with Crippen LogP contribution < -0.4 is 0 Å². The van der Waals surface area contributed by atoms with E-state index in [1.165, 1.54) is 9.80 Å². The number of hydrogen-bond donors (Lipinski definition) is 0. The summed E-state index contributed by atoms with van der Waals surface area (Å²) < 4.78 is 23.5. The number of thiocarbonyl (C=S) groups is 1. The molecule has 10 heteroatoms. The molecule has 27 heavy (non-hydrogen) atoms. The number of benzene rings is 1. The van der Waals surface area contributed by atoms with Crippen LogP contribution in [0.1, 0.15) is 12.0 Å². The topological polar surface area (TPSA) is 74.8 Å². The molecule has 0 radical (unpaired) electrons. The van der Waals surface area contributed by atoms with Gasteiger partial charge in [0.1, 0.15) is 10.9 Å². The van der Waals surface area contributed by atoms with Crippen molar-refractivity contribution >= 4 is 67.6 Å². The lowest BCUT2D eigenvalue weighted by Crippen LogP contribution is -2.45. The molecule has 2 heterocycles. The predicted octanol–water partition coefficient (Wildman–Crippen LogP) is 2.19. The minimum Gasteiger partial charge on any atom is -0.340 e. The van der Waals surface area contributed by atoms with Crippen molar-refractivity contribution in [2.24, 2.45) is 0 Å². The zero-order chi connectivity index (χ0) is 19.8. The van der Waals surface area contributed by atoms with E-state index in [9.17, 15) is 18.0 Å². The SMILES string of the molecule is CN(C(=O)CN1C(=O)C(=Cc2cccc(Cl)c2)SC1=S)C1CCS(=O)(=O)C1. The van der Waals surface area contributed by atoms with Gasteiger partial charge in [0.05, 0.1) is 16.4 Å². The number of rotatable bonds is 4. The number of amides is 2. The lowest BCUT2D eigenvalue weighted by Gasteiger charge is -2.25. The first-order valence-electron chi connectivity index (χ1n) is 8.13. The predicted molar refractivity (Wildman–Crippen MR) is 111 cm³/mol. The maximum atomic E-state index is 12.6. The normalized spacial score (nSPS) is 23.3. The lowest BCUT2D eigenvalue weighted by atomic mass is 10.2. The second-order valence-electron chi connectivity index (χ2n) is 6.38. The van der Waals surface area contributed by atoms with Gasteiger partial charge < -0.3 is 4.90 Å². The first kappa shape index (κ1) is 20.3. The number of thioether (sulfide) groups is 1. The van der Waals surface area contributed by atoms with Gasteiger partial charge in [0.25, 0.3) is 5.91 Å². The molecule has 144 valence electrons. The van der Waals surface area contributed by atoms with Crippen LogP contribution in [0.25, 0.3) is 6.08 Å². The van der Waals surface area contributed by atoms with Crippen molar-refractivity contribution in [3.05, 3.63) is 39.8 Å². The van der Waals surface area contributed by atoms with Gasteiger partial charge in [0.15, 0.2) is 9.84 Å². The van der Waals surface area contributed by atoms with E-state index < -0.39 is 9.84 Å². The van der Waals surface area contributed by atoms with Crippen molar-refractivity contribution in [1.82, 2.24) is 9.80 Å². The molecule has 2 aliphatic heterocycles. The summed E-state index contributed by atoms with van der Waals surface area (Å²) in [5.41, 5.74) is 0.766. The summed E-state index contributed by atoms with van der Waals surface area (Å²) in [6.45, 7) is -0.204. The Kier molecular flexibility index (Phi) is 5.95. The van der Waals surface area contributed by atoms with Crippen LogP contribution in [0.2, 0.25) is 5.02 Å².